The van der Waals surface area contributed by atoms with Gasteiger partial charge in [0.15, 0.2) is 5.82 Å². The zero-order chi connectivity index (χ0) is 12.7. The number of nitrogens with zero attached hydrogens (tertiary/aromatic N) is 2. The van der Waals surface area contributed by atoms with E-state index in [0.29, 0.717) is 24.3 Å². The third kappa shape index (κ3) is 4.67. The Labute approximate surface area is 101 Å². The molecular formula is C11H18N4O2. The van der Waals surface area contributed by atoms with E-state index in [-0.39, 0.29) is 0 Å². The molecule has 6 nitrogen and oxygen atoms in total. The highest BCUT2D eigenvalue weighted by molar-refractivity contribution is 5.83. The van der Waals surface area contributed by atoms with Crippen molar-refractivity contribution in [3.63, 3.8) is 0 Å². The molecule has 2 N–H and O–H groups in total. The van der Waals surface area contributed by atoms with E-state index >= 15 is 0 Å². The number of aromatic nitrogens is 2. The first-order valence-electron chi connectivity index (χ1n) is 5.69. The first-order valence-corrected chi connectivity index (χ1v) is 5.69. The second-order valence-corrected chi connectivity index (χ2v) is 3.60. The van der Waals surface area contributed by atoms with E-state index in [4.69, 9.17) is 4.74 Å². The summed E-state index contributed by atoms with van der Waals surface area (Å²) in [5, 5.41) is 13.5. The number of rotatable bonds is 5. The lowest BCUT2D eigenvalue weighted by Crippen LogP contribution is -2.17. The second-order valence-electron chi connectivity index (χ2n) is 3.60. The molecule has 1 amide bonds. The lowest BCUT2D eigenvalue weighted by atomic mass is 10.2. The van der Waals surface area contributed by atoms with E-state index in [0.717, 1.165) is 6.42 Å². The molecule has 0 radical (unpaired) electrons. The summed E-state index contributed by atoms with van der Waals surface area (Å²) in [5.74, 6) is 1.06. The predicted molar refractivity (Wildman–Crippen MR) is 66.1 cm³/mol. The maximum atomic E-state index is 11.1. The molecule has 17 heavy (non-hydrogen) atoms. The number of hydrogen-bond donors (Lipinski definition) is 2. The minimum atomic E-state index is -0.524. The van der Waals surface area contributed by atoms with Crippen molar-refractivity contribution in [2.24, 2.45) is 0 Å². The highest BCUT2D eigenvalue weighted by Crippen LogP contribution is 2.08. The number of nitrogens with one attached hydrogen (secondary N) is 2. The fourth-order valence-electron chi connectivity index (χ4n) is 1.10. The largest absolute Gasteiger partial charge is 0.450 e. The molecule has 0 aliphatic heterocycles. The Kier molecular flexibility index (Phi) is 5.19. The third-order valence-corrected chi connectivity index (χ3v) is 2.18. The Hall–Kier alpha value is -1.85. The van der Waals surface area contributed by atoms with Crippen LogP contribution in [0.4, 0.5) is 16.4 Å². The van der Waals surface area contributed by atoms with Crippen LogP contribution in [-0.2, 0) is 4.74 Å². The molecule has 0 saturated heterocycles. The van der Waals surface area contributed by atoms with Crippen LogP contribution < -0.4 is 10.6 Å². The highest BCUT2D eigenvalue weighted by Gasteiger charge is 2.04. The molecule has 94 valence electrons. The summed E-state index contributed by atoms with van der Waals surface area (Å²) >= 11 is 0. The molecule has 1 unspecified atom stereocenters. The summed E-state index contributed by atoms with van der Waals surface area (Å²) in [7, 11) is 0. The monoisotopic (exact) mass is 238 g/mol. The SMILES string of the molecule is CCOC(=O)Nc1ccc(NC(C)CC)nn1. The standard InChI is InChI=1S/C11H18N4O2/c1-4-8(3)12-9-6-7-10(15-14-9)13-11(16)17-5-2/h6-8H,4-5H2,1-3H3,(H,12,14)(H,13,15,16). The topological polar surface area (TPSA) is 76.1 Å². The van der Waals surface area contributed by atoms with Gasteiger partial charge in [0.05, 0.1) is 6.61 Å². The molecule has 0 aliphatic rings. The highest BCUT2D eigenvalue weighted by atomic mass is 16.5. The van der Waals surface area contributed by atoms with Crippen molar-refractivity contribution in [1.29, 1.82) is 0 Å². The van der Waals surface area contributed by atoms with Gasteiger partial charge in [0.2, 0.25) is 0 Å². The van der Waals surface area contributed by atoms with Gasteiger partial charge in [-0.25, -0.2) is 4.79 Å². The lowest BCUT2D eigenvalue weighted by Gasteiger charge is -2.11. The summed E-state index contributed by atoms with van der Waals surface area (Å²) in [6.07, 6.45) is 0.481. The van der Waals surface area contributed by atoms with E-state index in [1.165, 1.54) is 0 Å². The molecule has 1 aromatic heterocycles. The summed E-state index contributed by atoms with van der Waals surface area (Å²) < 4.78 is 4.72. The van der Waals surface area contributed by atoms with Gasteiger partial charge in [0.25, 0.3) is 0 Å². The zero-order valence-corrected chi connectivity index (χ0v) is 10.4. The average Bonchev–Trinajstić information content (AvgIpc) is 2.32. The molecule has 0 aromatic carbocycles. The predicted octanol–water partition coefficient (Wildman–Crippen LogP) is 2.26. The summed E-state index contributed by atoms with van der Waals surface area (Å²) in [6, 6.07) is 3.78. The fraction of sp³-hybridized carbons (Fsp3) is 0.545. The van der Waals surface area contributed by atoms with E-state index in [1.54, 1.807) is 19.1 Å². The Morgan fingerprint density at radius 2 is 2.00 bits per heavy atom. The summed E-state index contributed by atoms with van der Waals surface area (Å²) in [5.41, 5.74) is 0. The number of carbonyl (C=O) groups is 1. The first-order chi connectivity index (χ1) is 8.15. The average molecular weight is 238 g/mol. The lowest BCUT2D eigenvalue weighted by molar-refractivity contribution is 0.168. The first kappa shape index (κ1) is 13.2. The van der Waals surface area contributed by atoms with E-state index in [2.05, 4.69) is 34.7 Å². The molecule has 1 rings (SSSR count). The van der Waals surface area contributed by atoms with Crippen LogP contribution in [-0.4, -0.2) is 28.9 Å². The number of anilines is 2. The zero-order valence-electron chi connectivity index (χ0n) is 10.4. The molecule has 1 atom stereocenters. The fourth-order valence-corrected chi connectivity index (χ4v) is 1.10. The van der Waals surface area contributed by atoms with Crippen LogP contribution in [0.25, 0.3) is 0 Å². The van der Waals surface area contributed by atoms with Crippen molar-refractivity contribution in [1.82, 2.24) is 10.2 Å². The quantitative estimate of drug-likeness (QED) is 0.822. The van der Waals surface area contributed by atoms with Crippen molar-refractivity contribution in [3.05, 3.63) is 12.1 Å². The van der Waals surface area contributed by atoms with E-state index < -0.39 is 6.09 Å². The van der Waals surface area contributed by atoms with Gasteiger partial charge in [0.1, 0.15) is 5.82 Å². The van der Waals surface area contributed by atoms with Gasteiger partial charge in [0, 0.05) is 6.04 Å². The minimum Gasteiger partial charge on any atom is -0.450 e. The van der Waals surface area contributed by atoms with Crippen molar-refractivity contribution >= 4 is 17.7 Å². The van der Waals surface area contributed by atoms with Gasteiger partial charge >= 0.3 is 6.09 Å². The molecule has 1 aromatic rings. The third-order valence-electron chi connectivity index (χ3n) is 2.18. The molecule has 0 fully saturated rings. The maximum Gasteiger partial charge on any atom is 0.412 e. The van der Waals surface area contributed by atoms with E-state index in [1.807, 2.05) is 0 Å². The van der Waals surface area contributed by atoms with Gasteiger partial charge in [-0.1, -0.05) is 6.92 Å². The molecule has 0 aliphatic carbocycles. The molecule has 6 heteroatoms. The Morgan fingerprint density at radius 1 is 1.35 bits per heavy atom. The summed E-state index contributed by atoms with van der Waals surface area (Å²) in [6.45, 7) is 6.21. The van der Waals surface area contributed by atoms with Crippen LogP contribution in [0, 0.1) is 0 Å². The number of carbonyl (C=O) groups excluding carboxylic acids is 1. The van der Waals surface area contributed by atoms with Gasteiger partial charge in [-0.3, -0.25) is 5.32 Å². The Bertz CT molecular complexity index is 353. The van der Waals surface area contributed by atoms with Gasteiger partial charge in [-0.05, 0) is 32.4 Å². The van der Waals surface area contributed by atoms with Gasteiger partial charge in [-0.2, -0.15) is 0 Å². The van der Waals surface area contributed by atoms with Crippen LogP contribution in [0.5, 0.6) is 0 Å². The maximum absolute atomic E-state index is 11.1. The number of ether oxygens (including phenoxy) is 1. The minimum absolute atomic E-state index is 0.326. The van der Waals surface area contributed by atoms with Crippen LogP contribution in [0.2, 0.25) is 0 Å². The second kappa shape index (κ2) is 6.67. The van der Waals surface area contributed by atoms with Crippen molar-refractivity contribution in [2.75, 3.05) is 17.2 Å². The van der Waals surface area contributed by atoms with Crippen LogP contribution >= 0.6 is 0 Å². The molecule has 0 saturated carbocycles. The van der Waals surface area contributed by atoms with Crippen LogP contribution in [0.15, 0.2) is 12.1 Å². The van der Waals surface area contributed by atoms with Gasteiger partial charge < -0.3 is 10.1 Å². The van der Waals surface area contributed by atoms with Gasteiger partial charge in [-0.15, -0.1) is 10.2 Å². The Morgan fingerprint density at radius 3 is 2.53 bits per heavy atom. The molecule has 0 bridgehead atoms. The Balaban J connectivity index is 2.52. The van der Waals surface area contributed by atoms with E-state index in [9.17, 15) is 4.79 Å². The summed E-state index contributed by atoms with van der Waals surface area (Å²) in [4.78, 5) is 11.1. The molecule has 0 spiro atoms. The van der Waals surface area contributed by atoms with Crippen molar-refractivity contribution < 1.29 is 9.53 Å². The van der Waals surface area contributed by atoms with Crippen LogP contribution in [0.3, 0.4) is 0 Å². The van der Waals surface area contributed by atoms with Crippen LogP contribution in [0.1, 0.15) is 27.2 Å². The normalized spacial score (nSPS) is 11.7. The van der Waals surface area contributed by atoms with Crippen molar-refractivity contribution in [3.8, 4) is 0 Å². The number of hydrogen-bond acceptors (Lipinski definition) is 5. The smallest absolute Gasteiger partial charge is 0.412 e. The molecule has 1 heterocycles. The van der Waals surface area contributed by atoms with Crippen molar-refractivity contribution in [2.45, 2.75) is 33.2 Å². The molecular weight excluding hydrogens is 220 g/mol. The number of amides is 1.